The van der Waals surface area contributed by atoms with E-state index in [4.69, 9.17) is 5.10 Å². The van der Waals surface area contributed by atoms with Crippen molar-refractivity contribution < 1.29 is 5.11 Å². The maximum absolute atomic E-state index is 9.65. The first kappa shape index (κ1) is 14.0. The molecule has 1 fully saturated rings. The molecule has 1 aromatic carbocycles. The van der Waals surface area contributed by atoms with Crippen LogP contribution >= 0.6 is 0 Å². The number of benzene rings is 1. The van der Waals surface area contributed by atoms with Gasteiger partial charge in [-0.2, -0.15) is 5.10 Å². The second kappa shape index (κ2) is 5.86. The molecule has 1 saturated heterocycles. The van der Waals surface area contributed by atoms with Crippen molar-refractivity contribution in [2.45, 2.75) is 44.8 Å². The summed E-state index contributed by atoms with van der Waals surface area (Å²) in [6.45, 7) is 2.89. The number of aliphatic hydroxyl groups excluding tert-OH is 1. The molecular formula is C18H23N3O. The third-order valence-corrected chi connectivity index (χ3v) is 4.94. The zero-order valence-corrected chi connectivity index (χ0v) is 12.9. The Hall–Kier alpha value is -1.65. The Kier molecular flexibility index (Phi) is 3.72. The van der Waals surface area contributed by atoms with Crippen LogP contribution in [0.1, 0.15) is 36.2 Å². The lowest BCUT2D eigenvalue weighted by Crippen LogP contribution is -2.35. The van der Waals surface area contributed by atoms with Gasteiger partial charge >= 0.3 is 0 Å². The average molecular weight is 297 g/mol. The highest BCUT2D eigenvalue weighted by Crippen LogP contribution is 2.29. The Morgan fingerprint density at radius 3 is 2.64 bits per heavy atom. The minimum Gasteiger partial charge on any atom is -0.393 e. The number of aromatic nitrogens is 2. The number of hydrogen-bond acceptors (Lipinski definition) is 3. The molecule has 0 amide bonds. The monoisotopic (exact) mass is 297 g/mol. The lowest BCUT2D eigenvalue weighted by molar-refractivity contribution is 0.0785. The van der Waals surface area contributed by atoms with Gasteiger partial charge in [-0.15, -0.1) is 0 Å². The van der Waals surface area contributed by atoms with Gasteiger partial charge in [-0.05, 0) is 49.8 Å². The second-order valence-electron chi connectivity index (χ2n) is 6.48. The fourth-order valence-corrected chi connectivity index (χ4v) is 3.71. The third-order valence-electron chi connectivity index (χ3n) is 4.94. The van der Waals surface area contributed by atoms with Crippen molar-refractivity contribution in [1.29, 1.82) is 0 Å². The van der Waals surface area contributed by atoms with Crippen molar-refractivity contribution in [2.75, 3.05) is 13.1 Å². The summed E-state index contributed by atoms with van der Waals surface area (Å²) in [5, 5.41) is 14.6. The summed E-state index contributed by atoms with van der Waals surface area (Å²) >= 11 is 0. The van der Waals surface area contributed by atoms with Crippen LogP contribution in [0.3, 0.4) is 0 Å². The first-order valence-electron chi connectivity index (χ1n) is 8.37. The lowest BCUT2D eigenvalue weighted by atomic mass is 10.1. The molecule has 0 bridgehead atoms. The van der Waals surface area contributed by atoms with Crippen LogP contribution in [-0.4, -0.2) is 39.0 Å². The normalized spacial score (nSPS) is 19.5. The van der Waals surface area contributed by atoms with E-state index in [-0.39, 0.29) is 6.10 Å². The van der Waals surface area contributed by atoms with Gasteiger partial charge < -0.3 is 5.11 Å². The molecule has 2 aliphatic rings. The van der Waals surface area contributed by atoms with Gasteiger partial charge in [0.2, 0.25) is 0 Å². The molecule has 2 heterocycles. The van der Waals surface area contributed by atoms with Gasteiger partial charge in [0, 0.05) is 25.3 Å². The molecule has 0 radical (unpaired) electrons. The lowest BCUT2D eigenvalue weighted by Gasteiger charge is -2.28. The van der Waals surface area contributed by atoms with Gasteiger partial charge in [-0.25, -0.2) is 4.68 Å². The van der Waals surface area contributed by atoms with Crippen LogP contribution in [0, 0.1) is 0 Å². The SMILES string of the molecule is OC1CCN(Cc2nn(-c3ccccc3)c3c2CCC3)CC1. The molecule has 1 aliphatic carbocycles. The Morgan fingerprint density at radius 1 is 1.09 bits per heavy atom. The van der Waals surface area contributed by atoms with Crippen LogP contribution in [-0.2, 0) is 19.4 Å². The summed E-state index contributed by atoms with van der Waals surface area (Å²) in [5.41, 5.74) is 5.28. The molecule has 4 heteroatoms. The van der Waals surface area contributed by atoms with Gasteiger partial charge in [-0.1, -0.05) is 18.2 Å². The average Bonchev–Trinajstić information content (AvgIpc) is 3.14. The van der Waals surface area contributed by atoms with E-state index in [9.17, 15) is 5.11 Å². The van der Waals surface area contributed by atoms with E-state index in [1.54, 1.807) is 0 Å². The first-order chi connectivity index (χ1) is 10.8. The highest BCUT2D eigenvalue weighted by Gasteiger charge is 2.25. The van der Waals surface area contributed by atoms with E-state index in [0.717, 1.165) is 45.3 Å². The van der Waals surface area contributed by atoms with Crippen molar-refractivity contribution in [2.24, 2.45) is 0 Å². The Balaban J connectivity index is 1.61. The van der Waals surface area contributed by atoms with Crippen LogP contribution in [0.5, 0.6) is 0 Å². The molecule has 1 N–H and O–H groups in total. The largest absolute Gasteiger partial charge is 0.393 e. The molecule has 0 spiro atoms. The van der Waals surface area contributed by atoms with Crippen molar-refractivity contribution in [3.05, 3.63) is 47.3 Å². The van der Waals surface area contributed by atoms with Crippen molar-refractivity contribution in [3.8, 4) is 5.69 Å². The number of rotatable bonds is 3. The maximum atomic E-state index is 9.65. The van der Waals surface area contributed by atoms with E-state index < -0.39 is 0 Å². The molecule has 0 atom stereocenters. The minimum absolute atomic E-state index is 0.108. The zero-order valence-electron chi connectivity index (χ0n) is 12.9. The topological polar surface area (TPSA) is 41.3 Å². The van der Waals surface area contributed by atoms with E-state index in [1.807, 2.05) is 6.07 Å². The Labute approximate surface area is 131 Å². The smallest absolute Gasteiger partial charge is 0.0804 e. The van der Waals surface area contributed by atoms with E-state index in [2.05, 4.69) is 33.8 Å². The van der Waals surface area contributed by atoms with Crippen molar-refractivity contribution >= 4 is 0 Å². The van der Waals surface area contributed by atoms with Gasteiger partial charge in [0.15, 0.2) is 0 Å². The highest BCUT2D eigenvalue weighted by atomic mass is 16.3. The second-order valence-corrected chi connectivity index (χ2v) is 6.48. The van der Waals surface area contributed by atoms with Gasteiger partial charge in [0.05, 0.1) is 17.5 Å². The van der Waals surface area contributed by atoms with Gasteiger partial charge in [0.1, 0.15) is 0 Å². The zero-order chi connectivity index (χ0) is 14.9. The number of hydrogen-bond donors (Lipinski definition) is 1. The predicted molar refractivity (Wildman–Crippen MR) is 86.1 cm³/mol. The number of fused-ring (bicyclic) bond motifs is 1. The van der Waals surface area contributed by atoms with Crippen molar-refractivity contribution in [3.63, 3.8) is 0 Å². The fourth-order valence-electron chi connectivity index (χ4n) is 3.71. The van der Waals surface area contributed by atoms with Crippen LogP contribution in [0.25, 0.3) is 5.69 Å². The summed E-state index contributed by atoms with van der Waals surface area (Å²) in [5.74, 6) is 0. The van der Waals surface area contributed by atoms with E-state index in [1.165, 1.54) is 29.1 Å². The van der Waals surface area contributed by atoms with Crippen LogP contribution in [0.15, 0.2) is 30.3 Å². The Bertz CT molecular complexity index is 642. The first-order valence-corrected chi connectivity index (χ1v) is 8.37. The minimum atomic E-state index is -0.108. The summed E-state index contributed by atoms with van der Waals surface area (Å²) in [6.07, 6.45) is 5.21. The highest BCUT2D eigenvalue weighted by molar-refractivity contribution is 5.39. The number of para-hydroxylation sites is 1. The van der Waals surface area contributed by atoms with Crippen molar-refractivity contribution in [1.82, 2.24) is 14.7 Å². The third kappa shape index (κ3) is 2.57. The number of nitrogens with zero attached hydrogens (tertiary/aromatic N) is 3. The van der Waals surface area contributed by atoms with Gasteiger partial charge in [0.25, 0.3) is 0 Å². The molecule has 116 valence electrons. The van der Waals surface area contributed by atoms with E-state index in [0.29, 0.717) is 0 Å². The Morgan fingerprint density at radius 2 is 1.86 bits per heavy atom. The van der Waals surface area contributed by atoms with Crippen LogP contribution < -0.4 is 0 Å². The molecule has 2 aromatic rings. The molecule has 0 unspecified atom stereocenters. The molecule has 4 nitrogen and oxygen atoms in total. The summed E-state index contributed by atoms with van der Waals surface area (Å²) in [4.78, 5) is 2.43. The quantitative estimate of drug-likeness (QED) is 0.945. The van der Waals surface area contributed by atoms with Crippen LogP contribution in [0.4, 0.5) is 0 Å². The van der Waals surface area contributed by atoms with Gasteiger partial charge in [-0.3, -0.25) is 4.90 Å². The summed E-state index contributed by atoms with van der Waals surface area (Å²) in [7, 11) is 0. The van der Waals surface area contributed by atoms with E-state index >= 15 is 0 Å². The number of likely N-dealkylation sites (tertiary alicyclic amines) is 1. The fraction of sp³-hybridized carbons (Fsp3) is 0.500. The molecule has 1 aromatic heterocycles. The summed E-state index contributed by atoms with van der Waals surface area (Å²) < 4.78 is 2.15. The number of aliphatic hydroxyl groups is 1. The molecule has 1 aliphatic heterocycles. The molecule has 0 saturated carbocycles. The predicted octanol–water partition coefficient (Wildman–Crippen LogP) is 2.32. The molecule has 4 rings (SSSR count). The molecule has 22 heavy (non-hydrogen) atoms. The maximum Gasteiger partial charge on any atom is 0.0804 e. The molecular weight excluding hydrogens is 274 g/mol. The standard InChI is InChI=1S/C18H23N3O/c22-15-9-11-20(12-10-15)13-17-16-7-4-8-18(16)21(19-17)14-5-2-1-3-6-14/h1-3,5-6,15,22H,4,7-13H2. The summed E-state index contributed by atoms with van der Waals surface area (Å²) in [6, 6.07) is 10.5. The number of piperidine rings is 1. The van der Waals surface area contributed by atoms with Crippen LogP contribution in [0.2, 0.25) is 0 Å².